The van der Waals surface area contributed by atoms with Crippen molar-refractivity contribution in [1.82, 2.24) is 4.72 Å². The zero-order chi connectivity index (χ0) is 16.1. The maximum Gasteiger partial charge on any atom is 0.240 e. The smallest absolute Gasteiger partial charge is 0.240 e. The Hall–Kier alpha value is -1.89. The normalized spacial score (nSPS) is 15.6. The van der Waals surface area contributed by atoms with E-state index in [0.717, 1.165) is 24.3 Å². The first-order valence-electron chi connectivity index (χ1n) is 7.62. The first-order valence-corrected chi connectivity index (χ1v) is 9.10. The molecule has 0 bridgehead atoms. The Balaban J connectivity index is 1.76. The predicted molar refractivity (Wildman–Crippen MR) is 89.9 cm³/mol. The van der Waals surface area contributed by atoms with Crippen LogP contribution in [0.3, 0.4) is 0 Å². The lowest BCUT2D eigenvalue weighted by Crippen LogP contribution is -2.37. The van der Waals surface area contributed by atoms with E-state index in [0.29, 0.717) is 13.2 Å². The molecule has 3 rings (SSSR count). The van der Waals surface area contributed by atoms with E-state index in [9.17, 15) is 8.42 Å². The van der Waals surface area contributed by atoms with Gasteiger partial charge >= 0.3 is 0 Å². The summed E-state index contributed by atoms with van der Waals surface area (Å²) in [6.45, 7) is 3.31. The van der Waals surface area contributed by atoms with E-state index in [1.807, 2.05) is 24.3 Å². The lowest BCUT2D eigenvalue weighted by Gasteiger charge is -2.30. The summed E-state index contributed by atoms with van der Waals surface area (Å²) in [5.41, 5.74) is 2.03. The van der Waals surface area contributed by atoms with Gasteiger partial charge in [0.15, 0.2) is 0 Å². The minimum atomic E-state index is -3.50. The molecule has 1 saturated heterocycles. The highest BCUT2D eigenvalue weighted by Crippen LogP contribution is 2.22. The Morgan fingerprint density at radius 1 is 0.957 bits per heavy atom. The molecule has 0 spiro atoms. The molecule has 2 aromatic carbocycles. The number of nitrogens with one attached hydrogen (secondary N) is 1. The Morgan fingerprint density at radius 2 is 1.61 bits per heavy atom. The van der Waals surface area contributed by atoms with Crippen molar-refractivity contribution >= 4 is 15.7 Å². The topological polar surface area (TPSA) is 58.6 Å². The number of para-hydroxylation sites is 1. The lowest BCUT2D eigenvalue weighted by molar-refractivity contribution is 0.122. The number of anilines is 1. The summed E-state index contributed by atoms with van der Waals surface area (Å²) in [4.78, 5) is 2.51. The fourth-order valence-electron chi connectivity index (χ4n) is 2.63. The Kier molecular flexibility index (Phi) is 4.95. The number of morpholine rings is 1. The number of sulfonamides is 1. The van der Waals surface area contributed by atoms with Crippen LogP contribution in [0.4, 0.5) is 5.69 Å². The SMILES string of the molecule is O=S(=O)(NCc1ccccc1N1CCOCC1)c1ccccc1. The fourth-order valence-corrected chi connectivity index (χ4v) is 3.66. The van der Waals surface area contributed by atoms with E-state index in [-0.39, 0.29) is 11.4 Å². The molecule has 0 saturated carbocycles. The maximum atomic E-state index is 12.3. The number of benzene rings is 2. The van der Waals surface area contributed by atoms with Crippen LogP contribution >= 0.6 is 0 Å². The molecule has 122 valence electrons. The number of rotatable bonds is 5. The second kappa shape index (κ2) is 7.12. The predicted octanol–water partition coefficient (Wildman–Crippen LogP) is 2.00. The van der Waals surface area contributed by atoms with E-state index in [1.54, 1.807) is 30.3 Å². The number of hydrogen-bond donors (Lipinski definition) is 1. The van der Waals surface area contributed by atoms with Crippen molar-refractivity contribution < 1.29 is 13.2 Å². The number of nitrogens with zero attached hydrogens (tertiary/aromatic N) is 1. The highest BCUT2D eigenvalue weighted by Gasteiger charge is 2.17. The molecular formula is C17H20N2O3S. The van der Waals surface area contributed by atoms with E-state index in [1.165, 1.54) is 0 Å². The average Bonchev–Trinajstić information content (AvgIpc) is 2.62. The molecule has 6 heteroatoms. The van der Waals surface area contributed by atoms with Gasteiger partial charge in [0.2, 0.25) is 10.0 Å². The van der Waals surface area contributed by atoms with Crippen molar-refractivity contribution in [2.45, 2.75) is 11.4 Å². The third-order valence-electron chi connectivity index (χ3n) is 3.85. The molecule has 1 aliphatic rings. The lowest BCUT2D eigenvalue weighted by atomic mass is 10.1. The van der Waals surface area contributed by atoms with Crippen molar-refractivity contribution in [1.29, 1.82) is 0 Å². The Bertz CT molecular complexity index is 741. The molecule has 23 heavy (non-hydrogen) atoms. The van der Waals surface area contributed by atoms with Gasteiger partial charge < -0.3 is 9.64 Å². The van der Waals surface area contributed by atoms with Gasteiger partial charge in [0.05, 0.1) is 18.1 Å². The van der Waals surface area contributed by atoms with Crippen LogP contribution in [-0.4, -0.2) is 34.7 Å². The molecule has 0 atom stereocenters. The fraction of sp³-hybridized carbons (Fsp3) is 0.294. The molecular weight excluding hydrogens is 312 g/mol. The minimum Gasteiger partial charge on any atom is -0.378 e. The second-order valence-corrected chi connectivity index (χ2v) is 7.13. The van der Waals surface area contributed by atoms with Crippen LogP contribution in [0.5, 0.6) is 0 Å². The van der Waals surface area contributed by atoms with Gasteiger partial charge in [-0.1, -0.05) is 36.4 Å². The van der Waals surface area contributed by atoms with Crippen molar-refractivity contribution in [2.75, 3.05) is 31.2 Å². The van der Waals surface area contributed by atoms with Crippen molar-refractivity contribution in [3.63, 3.8) is 0 Å². The van der Waals surface area contributed by atoms with Gasteiger partial charge in [0.25, 0.3) is 0 Å². The summed E-state index contributed by atoms with van der Waals surface area (Å²) in [5.74, 6) is 0. The molecule has 1 heterocycles. The van der Waals surface area contributed by atoms with Crippen molar-refractivity contribution in [2.24, 2.45) is 0 Å². The summed E-state index contributed by atoms with van der Waals surface area (Å²) in [6, 6.07) is 16.3. The van der Waals surface area contributed by atoms with Gasteiger partial charge in [-0.05, 0) is 23.8 Å². The second-order valence-electron chi connectivity index (χ2n) is 5.37. The molecule has 0 aromatic heterocycles. The molecule has 5 nitrogen and oxygen atoms in total. The Labute approximate surface area is 136 Å². The standard InChI is InChI=1S/C17H20N2O3S/c20-23(21,16-7-2-1-3-8-16)18-14-15-6-4-5-9-17(15)19-10-12-22-13-11-19/h1-9,18H,10-14H2. The highest BCUT2D eigenvalue weighted by atomic mass is 32.2. The van der Waals surface area contributed by atoms with Crippen molar-refractivity contribution in [3.05, 3.63) is 60.2 Å². The molecule has 0 radical (unpaired) electrons. The van der Waals surface area contributed by atoms with E-state index in [2.05, 4.69) is 9.62 Å². The quantitative estimate of drug-likeness (QED) is 0.910. The molecule has 1 aliphatic heterocycles. The third-order valence-corrected chi connectivity index (χ3v) is 5.27. The van der Waals surface area contributed by atoms with Crippen LogP contribution in [0.15, 0.2) is 59.5 Å². The highest BCUT2D eigenvalue weighted by molar-refractivity contribution is 7.89. The van der Waals surface area contributed by atoms with Gasteiger partial charge in [-0.15, -0.1) is 0 Å². The molecule has 0 unspecified atom stereocenters. The monoisotopic (exact) mass is 332 g/mol. The van der Waals surface area contributed by atoms with Crippen LogP contribution in [0, 0.1) is 0 Å². The number of ether oxygens (including phenoxy) is 1. The zero-order valence-corrected chi connectivity index (χ0v) is 13.6. The summed E-state index contributed by atoms with van der Waals surface area (Å²) in [5, 5.41) is 0. The molecule has 1 N–H and O–H groups in total. The largest absolute Gasteiger partial charge is 0.378 e. The van der Waals surface area contributed by atoms with Gasteiger partial charge in [-0.2, -0.15) is 0 Å². The van der Waals surface area contributed by atoms with Gasteiger partial charge in [-0.3, -0.25) is 0 Å². The van der Waals surface area contributed by atoms with Crippen LogP contribution < -0.4 is 9.62 Å². The van der Waals surface area contributed by atoms with Crippen LogP contribution in [0.1, 0.15) is 5.56 Å². The summed E-state index contributed by atoms with van der Waals surface area (Å²) >= 11 is 0. The molecule has 0 amide bonds. The average molecular weight is 332 g/mol. The minimum absolute atomic E-state index is 0.269. The Morgan fingerprint density at radius 3 is 2.35 bits per heavy atom. The molecule has 0 aliphatic carbocycles. The van der Waals surface area contributed by atoms with E-state index < -0.39 is 10.0 Å². The first kappa shape index (κ1) is 16.0. The van der Waals surface area contributed by atoms with E-state index in [4.69, 9.17) is 4.74 Å². The van der Waals surface area contributed by atoms with E-state index >= 15 is 0 Å². The van der Waals surface area contributed by atoms with Crippen LogP contribution in [0.25, 0.3) is 0 Å². The van der Waals surface area contributed by atoms with Crippen LogP contribution in [-0.2, 0) is 21.3 Å². The maximum absolute atomic E-state index is 12.3. The van der Waals surface area contributed by atoms with Gasteiger partial charge in [-0.25, -0.2) is 13.1 Å². The van der Waals surface area contributed by atoms with Gasteiger partial charge in [0.1, 0.15) is 0 Å². The molecule has 1 fully saturated rings. The zero-order valence-electron chi connectivity index (χ0n) is 12.8. The summed E-state index contributed by atoms with van der Waals surface area (Å²) < 4.78 is 32.8. The summed E-state index contributed by atoms with van der Waals surface area (Å²) in [6.07, 6.45) is 0. The van der Waals surface area contributed by atoms with Gasteiger partial charge in [0, 0.05) is 25.3 Å². The summed E-state index contributed by atoms with van der Waals surface area (Å²) in [7, 11) is -3.50. The first-order chi connectivity index (χ1) is 11.2. The third kappa shape index (κ3) is 3.90. The van der Waals surface area contributed by atoms with Crippen molar-refractivity contribution in [3.8, 4) is 0 Å². The number of hydrogen-bond acceptors (Lipinski definition) is 4. The molecule has 2 aromatic rings. The van der Waals surface area contributed by atoms with Crippen LogP contribution in [0.2, 0.25) is 0 Å².